The first-order valence-corrected chi connectivity index (χ1v) is 13.6. The lowest BCUT2D eigenvalue weighted by Gasteiger charge is -2.33. The molecule has 0 radical (unpaired) electrons. The van der Waals surface area contributed by atoms with Crippen LogP contribution in [-0.4, -0.2) is 53.4 Å². The smallest absolute Gasteiger partial charge is 0.274 e. The average molecular weight is 533 g/mol. The number of amides is 2. The molecular formula is C29H42F2N4O3. The Morgan fingerprint density at radius 3 is 2.45 bits per heavy atom. The standard InChI is InChI=1S/C23H27F2N3O3.C4H9N.C2H6/c1-4-7-16-19(22(30)26-13-14-9-10-15(24)12-17(14)25)18-8-6-11-28(18)20(21(16)29)23(31)27(3)5-2;5-3-4-1-2-4;1-2/h7,9-10,12,29H,4-6,8,11,13H2,1-3H3,(H,26,30);4H,1-3,5H2;1-2H3/b16-7+;;. The number of aliphatic hydroxyl groups excluding tert-OH is 1. The number of aliphatic hydroxyl groups is 1. The third-order valence-electron chi connectivity index (χ3n) is 6.57. The Balaban J connectivity index is 0.000000636. The van der Waals surface area contributed by atoms with Gasteiger partial charge in [0.15, 0.2) is 5.76 Å². The van der Waals surface area contributed by atoms with Crippen LogP contribution in [0.4, 0.5) is 8.78 Å². The molecule has 9 heteroatoms. The van der Waals surface area contributed by atoms with E-state index in [4.69, 9.17) is 5.73 Å². The van der Waals surface area contributed by atoms with Crippen molar-refractivity contribution < 1.29 is 23.5 Å². The van der Waals surface area contributed by atoms with Gasteiger partial charge in [0.2, 0.25) is 0 Å². The minimum Gasteiger partial charge on any atom is -0.505 e. The fraction of sp³-hybridized carbons (Fsp3) is 0.517. The van der Waals surface area contributed by atoms with Crippen LogP contribution in [0.25, 0.3) is 0 Å². The summed E-state index contributed by atoms with van der Waals surface area (Å²) < 4.78 is 27.1. The molecule has 7 nitrogen and oxygen atoms in total. The molecule has 38 heavy (non-hydrogen) atoms. The molecule has 0 unspecified atom stereocenters. The molecule has 0 aromatic heterocycles. The van der Waals surface area contributed by atoms with E-state index in [1.54, 1.807) is 18.0 Å². The number of fused-ring (bicyclic) bond motifs is 1. The van der Waals surface area contributed by atoms with Crippen molar-refractivity contribution in [2.45, 2.75) is 66.3 Å². The highest BCUT2D eigenvalue weighted by Gasteiger charge is 2.40. The first-order chi connectivity index (χ1) is 18.2. The molecule has 1 saturated heterocycles. The van der Waals surface area contributed by atoms with Crippen LogP contribution in [-0.2, 0) is 16.1 Å². The van der Waals surface area contributed by atoms with Gasteiger partial charge >= 0.3 is 0 Å². The van der Waals surface area contributed by atoms with Crippen LogP contribution in [0.1, 0.15) is 65.4 Å². The van der Waals surface area contributed by atoms with E-state index in [0.717, 1.165) is 31.0 Å². The van der Waals surface area contributed by atoms with Gasteiger partial charge in [0.05, 0.1) is 5.57 Å². The molecule has 0 atom stereocenters. The number of carbonyl (C=O) groups is 2. The summed E-state index contributed by atoms with van der Waals surface area (Å²) >= 11 is 0. The third kappa shape index (κ3) is 7.43. The predicted molar refractivity (Wildman–Crippen MR) is 146 cm³/mol. The molecule has 2 aliphatic heterocycles. The van der Waals surface area contributed by atoms with E-state index < -0.39 is 17.5 Å². The molecule has 1 saturated carbocycles. The van der Waals surface area contributed by atoms with E-state index in [9.17, 15) is 23.5 Å². The number of benzene rings is 1. The summed E-state index contributed by atoms with van der Waals surface area (Å²) in [7, 11) is 1.66. The van der Waals surface area contributed by atoms with E-state index in [0.29, 0.717) is 37.2 Å². The quantitative estimate of drug-likeness (QED) is 0.464. The zero-order chi connectivity index (χ0) is 28.4. The molecule has 2 heterocycles. The maximum absolute atomic E-state index is 14.0. The van der Waals surface area contributed by atoms with Gasteiger partial charge in [-0.3, -0.25) is 9.59 Å². The number of halogens is 2. The van der Waals surface area contributed by atoms with Crippen LogP contribution in [0.5, 0.6) is 0 Å². The molecule has 2 amide bonds. The Bertz CT molecular complexity index is 1090. The molecule has 0 bridgehead atoms. The maximum atomic E-state index is 14.0. The molecule has 4 rings (SSSR count). The topological polar surface area (TPSA) is 98.9 Å². The number of hydrogen-bond acceptors (Lipinski definition) is 5. The zero-order valence-corrected chi connectivity index (χ0v) is 23.2. The molecule has 1 aromatic carbocycles. The molecule has 2 fully saturated rings. The van der Waals surface area contributed by atoms with Crippen LogP contribution < -0.4 is 11.1 Å². The lowest BCUT2D eigenvalue weighted by molar-refractivity contribution is -0.127. The minimum absolute atomic E-state index is 0.129. The summed E-state index contributed by atoms with van der Waals surface area (Å²) in [5.74, 6) is -1.54. The summed E-state index contributed by atoms with van der Waals surface area (Å²) in [5.41, 5.74) is 6.83. The van der Waals surface area contributed by atoms with Gasteiger partial charge in [-0.1, -0.05) is 32.9 Å². The summed E-state index contributed by atoms with van der Waals surface area (Å²) in [6.07, 6.45) is 6.34. The lowest BCUT2D eigenvalue weighted by atomic mass is 9.93. The molecule has 3 aliphatic rings. The van der Waals surface area contributed by atoms with Crippen molar-refractivity contribution in [2.75, 3.05) is 26.7 Å². The third-order valence-corrected chi connectivity index (χ3v) is 6.57. The number of rotatable bonds is 7. The number of likely N-dealkylation sites (N-methyl/N-ethyl adjacent to an activating group) is 1. The molecule has 1 aromatic rings. The Morgan fingerprint density at radius 1 is 1.24 bits per heavy atom. The number of nitrogens with one attached hydrogen (secondary N) is 1. The first-order valence-electron chi connectivity index (χ1n) is 13.6. The van der Waals surface area contributed by atoms with Gasteiger partial charge in [0.25, 0.3) is 11.8 Å². The molecule has 210 valence electrons. The molecular weight excluding hydrogens is 490 g/mol. The highest BCUT2D eigenvalue weighted by Crippen LogP contribution is 2.40. The van der Waals surface area contributed by atoms with E-state index in [1.165, 1.54) is 23.8 Å². The lowest BCUT2D eigenvalue weighted by Crippen LogP contribution is -2.40. The summed E-state index contributed by atoms with van der Waals surface area (Å²) in [6, 6.07) is 3.18. The van der Waals surface area contributed by atoms with Crippen molar-refractivity contribution in [2.24, 2.45) is 11.7 Å². The van der Waals surface area contributed by atoms with E-state index in [1.807, 2.05) is 27.7 Å². The van der Waals surface area contributed by atoms with E-state index in [-0.39, 0.29) is 35.0 Å². The second-order valence-corrected chi connectivity index (χ2v) is 9.22. The summed E-state index contributed by atoms with van der Waals surface area (Å²) in [6.45, 7) is 9.49. The van der Waals surface area contributed by atoms with E-state index >= 15 is 0 Å². The van der Waals surface area contributed by atoms with Crippen LogP contribution in [0.3, 0.4) is 0 Å². The summed E-state index contributed by atoms with van der Waals surface area (Å²) in [5, 5.41) is 13.7. The van der Waals surface area contributed by atoms with E-state index in [2.05, 4.69) is 5.32 Å². The van der Waals surface area contributed by atoms with Gasteiger partial charge in [0.1, 0.15) is 17.3 Å². The number of allylic oxidation sites excluding steroid dienone is 3. The second-order valence-electron chi connectivity index (χ2n) is 9.22. The van der Waals surface area contributed by atoms with Crippen molar-refractivity contribution in [3.8, 4) is 0 Å². The Morgan fingerprint density at radius 2 is 1.92 bits per heavy atom. The van der Waals surface area contributed by atoms with Gasteiger partial charge in [0, 0.05) is 49.6 Å². The van der Waals surface area contributed by atoms with Crippen molar-refractivity contribution in [3.05, 3.63) is 69.8 Å². The normalized spacial score (nSPS) is 17.4. The Kier molecular flexibility index (Phi) is 12.0. The Hall–Kier alpha value is -3.20. The first kappa shape index (κ1) is 31.0. The van der Waals surface area contributed by atoms with Gasteiger partial charge in [-0.25, -0.2) is 8.78 Å². The fourth-order valence-electron chi connectivity index (χ4n) is 4.19. The summed E-state index contributed by atoms with van der Waals surface area (Å²) in [4.78, 5) is 29.3. The number of hydrogen-bond donors (Lipinski definition) is 3. The van der Waals surface area contributed by atoms with Crippen molar-refractivity contribution in [1.29, 1.82) is 0 Å². The van der Waals surface area contributed by atoms with Gasteiger partial charge in [-0.05, 0) is 57.6 Å². The molecule has 1 aliphatic carbocycles. The van der Waals surface area contributed by atoms with Crippen LogP contribution >= 0.6 is 0 Å². The monoisotopic (exact) mass is 532 g/mol. The van der Waals surface area contributed by atoms with Crippen LogP contribution in [0.15, 0.2) is 52.6 Å². The van der Waals surface area contributed by atoms with Crippen LogP contribution in [0, 0.1) is 17.6 Å². The minimum atomic E-state index is -0.744. The predicted octanol–water partition coefficient (Wildman–Crippen LogP) is 4.91. The second kappa shape index (κ2) is 14.7. The van der Waals surface area contributed by atoms with Gasteiger partial charge in [-0.15, -0.1) is 0 Å². The average Bonchev–Trinajstić information content (AvgIpc) is 3.65. The Labute approximate surface area is 225 Å². The maximum Gasteiger partial charge on any atom is 0.274 e. The largest absolute Gasteiger partial charge is 0.505 e. The molecule has 4 N–H and O–H groups in total. The van der Waals surface area contributed by atoms with Crippen molar-refractivity contribution >= 4 is 11.8 Å². The highest BCUT2D eigenvalue weighted by molar-refractivity contribution is 6.03. The number of nitrogens with zero attached hydrogens (tertiary/aromatic N) is 2. The number of nitrogens with two attached hydrogens (primary N) is 1. The highest BCUT2D eigenvalue weighted by atomic mass is 19.1. The zero-order valence-electron chi connectivity index (χ0n) is 23.2. The van der Waals surface area contributed by atoms with Gasteiger partial charge in [-0.2, -0.15) is 0 Å². The van der Waals surface area contributed by atoms with Crippen molar-refractivity contribution in [1.82, 2.24) is 15.1 Å². The molecule has 0 spiro atoms. The fourth-order valence-corrected chi connectivity index (χ4v) is 4.19. The number of carbonyl (C=O) groups excluding carboxylic acids is 2. The van der Waals surface area contributed by atoms with Crippen molar-refractivity contribution in [3.63, 3.8) is 0 Å². The SMILES string of the molecule is CC.CC/C=C1/C(O)=C(C(=O)N(C)CC)N2CCCC2=C1C(=O)NCc1ccc(F)cc1F.NCC1CC1. The van der Waals surface area contributed by atoms with Crippen LogP contribution in [0.2, 0.25) is 0 Å². The van der Waals surface area contributed by atoms with Gasteiger partial charge < -0.3 is 26.0 Å².